The first-order valence-electron chi connectivity index (χ1n) is 5.55. The summed E-state index contributed by atoms with van der Waals surface area (Å²) in [6.45, 7) is 3.86. The van der Waals surface area contributed by atoms with Crippen LogP contribution in [0.5, 0.6) is 0 Å². The van der Waals surface area contributed by atoms with Gasteiger partial charge in [0.15, 0.2) is 0 Å². The molecule has 0 fully saturated rings. The molecule has 0 heterocycles. The van der Waals surface area contributed by atoms with Crippen molar-refractivity contribution in [1.29, 1.82) is 0 Å². The first-order valence-corrected chi connectivity index (χ1v) is 6.34. The Morgan fingerprint density at radius 1 is 1.38 bits per heavy atom. The first-order chi connectivity index (χ1) is 7.58. The van der Waals surface area contributed by atoms with Gasteiger partial charge < -0.3 is 5.11 Å². The summed E-state index contributed by atoms with van der Waals surface area (Å²) in [5, 5.41) is 10.3. The molecule has 86 valence electrons. The van der Waals surface area contributed by atoms with Gasteiger partial charge in [0.05, 0.1) is 0 Å². The zero-order valence-corrected chi connectivity index (χ0v) is 11.3. The predicted octanol–water partition coefficient (Wildman–Crippen LogP) is 3.85. The molecule has 0 spiro atoms. The topological polar surface area (TPSA) is 20.2 Å². The highest BCUT2D eigenvalue weighted by molar-refractivity contribution is 9.10. The third-order valence-corrected chi connectivity index (χ3v) is 3.08. The largest absolute Gasteiger partial charge is 0.374 e. The van der Waals surface area contributed by atoms with Crippen molar-refractivity contribution in [2.45, 2.75) is 38.7 Å². The van der Waals surface area contributed by atoms with Gasteiger partial charge in [0, 0.05) is 16.5 Å². The number of hydrogen-bond donors (Lipinski definition) is 1. The summed E-state index contributed by atoms with van der Waals surface area (Å²) >= 11 is 3.43. The van der Waals surface area contributed by atoms with Crippen LogP contribution < -0.4 is 0 Å². The summed E-state index contributed by atoms with van der Waals surface area (Å²) in [4.78, 5) is 0. The van der Waals surface area contributed by atoms with Crippen LogP contribution in [0.4, 0.5) is 0 Å². The van der Waals surface area contributed by atoms with Gasteiger partial charge in [-0.2, -0.15) is 0 Å². The van der Waals surface area contributed by atoms with Crippen LogP contribution in [0.1, 0.15) is 38.7 Å². The van der Waals surface area contributed by atoms with E-state index in [1.165, 1.54) is 0 Å². The summed E-state index contributed by atoms with van der Waals surface area (Å²) in [6, 6.07) is 7.63. The fourth-order valence-electron chi connectivity index (χ4n) is 1.42. The van der Waals surface area contributed by atoms with Crippen LogP contribution in [0.3, 0.4) is 0 Å². The molecule has 0 bridgehead atoms. The van der Waals surface area contributed by atoms with Crippen LogP contribution in [0, 0.1) is 11.8 Å². The Morgan fingerprint density at radius 3 is 2.69 bits per heavy atom. The van der Waals surface area contributed by atoms with Crippen molar-refractivity contribution in [1.82, 2.24) is 0 Å². The summed E-state index contributed by atoms with van der Waals surface area (Å²) in [6.07, 6.45) is 3.06. The number of aliphatic hydroxyl groups is 1. The van der Waals surface area contributed by atoms with Crippen LogP contribution in [0.2, 0.25) is 0 Å². The molecule has 1 aromatic rings. The summed E-state index contributed by atoms with van der Waals surface area (Å²) in [5.74, 6) is 5.96. The summed E-state index contributed by atoms with van der Waals surface area (Å²) in [7, 11) is 0. The molecule has 16 heavy (non-hydrogen) atoms. The van der Waals surface area contributed by atoms with E-state index in [4.69, 9.17) is 0 Å². The van der Waals surface area contributed by atoms with Crippen LogP contribution in [0.15, 0.2) is 28.7 Å². The van der Waals surface area contributed by atoms with Crippen molar-refractivity contribution < 1.29 is 5.11 Å². The van der Waals surface area contributed by atoms with E-state index in [0.717, 1.165) is 29.3 Å². The molecule has 1 rings (SSSR count). The fraction of sp³-hybridized carbons (Fsp3) is 0.429. The van der Waals surface area contributed by atoms with Crippen LogP contribution in [0.25, 0.3) is 0 Å². The SMILES string of the molecule is CCCCC#CC(C)(O)c1ccccc1Br. The molecular formula is C14H17BrO. The first kappa shape index (κ1) is 13.3. The van der Waals surface area contributed by atoms with Gasteiger partial charge in [-0.05, 0) is 19.4 Å². The van der Waals surface area contributed by atoms with E-state index in [2.05, 4.69) is 34.7 Å². The van der Waals surface area contributed by atoms with Crippen molar-refractivity contribution in [3.8, 4) is 11.8 Å². The average molecular weight is 281 g/mol. The van der Waals surface area contributed by atoms with Gasteiger partial charge in [-0.25, -0.2) is 0 Å². The smallest absolute Gasteiger partial charge is 0.149 e. The minimum absolute atomic E-state index is 0.819. The number of rotatable bonds is 3. The predicted molar refractivity (Wildman–Crippen MR) is 71.0 cm³/mol. The normalized spacial score (nSPS) is 13.8. The molecule has 0 radical (unpaired) electrons. The second-order valence-corrected chi connectivity index (χ2v) is 4.81. The Balaban J connectivity index is 2.84. The van der Waals surface area contributed by atoms with Gasteiger partial charge >= 0.3 is 0 Å². The molecule has 0 saturated heterocycles. The molecule has 1 aromatic carbocycles. The third kappa shape index (κ3) is 3.66. The molecule has 1 N–H and O–H groups in total. The zero-order chi connectivity index (χ0) is 12.0. The van der Waals surface area contributed by atoms with Crippen molar-refractivity contribution in [2.75, 3.05) is 0 Å². The van der Waals surface area contributed by atoms with E-state index in [9.17, 15) is 5.11 Å². The van der Waals surface area contributed by atoms with Crippen LogP contribution in [-0.4, -0.2) is 5.11 Å². The molecule has 2 heteroatoms. The van der Waals surface area contributed by atoms with E-state index in [-0.39, 0.29) is 0 Å². The Bertz CT molecular complexity index is 399. The van der Waals surface area contributed by atoms with Gasteiger partial charge in [0.2, 0.25) is 0 Å². The van der Waals surface area contributed by atoms with Gasteiger partial charge in [-0.15, -0.1) is 0 Å². The quantitative estimate of drug-likeness (QED) is 0.659. The van der Waals surface area contributed by atoms with E-state index < -0.39 is 5.60 Å². The van der Waals surface area contributed by atoms with Crippen molar-refractivity contribution >= 4 is 15.9 Å². The lowest BCUT2D eigenvalue weighted by molar-refractivity contribution is 0.121. The summed E-state index contributed by atoms with van der Waals surface area (Å²) in [5.41, 5.74) is -0.257. The maximum absolute atomic E-state index is 10.3. The number of benzene rings is 1. The highest BCUT2D eigenvalue weighted by Gasteiger charge is 2.21. The van der Waals surface area contributed by atoms with E-state index in [1.54, 1.807) is 6.92 Å². The van der Waals surface area contributed by atoms with Crippen LogP contribution >= 0.6 is 15.9 Å². The molecule has 0 saturated carbocycles. The Morgan fingerprint density at radius 2 is 2.06 bits per heavy atom. The molecule has 1 unspecified atom stereocenters. The zero-order valence-electron chi connectivity index (χ0n) is 9.76. The second-order valence-electron chi connectivity index (χ2n) is 3.96. The van der Waals surface area contributed by atoms with E-state index in [1.807, 2.05) is 24.3 Å². The Kier molecular flexibility index (Phi) is 5.05. The lowest BCUT2D eigenvalue weighted by Crippen LogP contribution is -2.19. The number of halogens is 1. The molecule has 0 amide bonds. The standard InChI is InChI=1S/C14H17BrO/c1-3-4-5-8-11-14(2,16)12-9-6-7-10-13(12)15/h6-7,9-10,16H,3-5H2,1-2H3. The van der Waals surface area contributed by atoms with Crippen molar-refractivity contribution in [3.63, 3.8) is 0 Å². The molecule has 0 aliphatic rings. The second kappa shape index (κ2) is 6.08. The van der Waals surface area contributed by atoms with Crippen molar-refractivity contribution in [2.24, 2.45) is 0 Å². The maximum atomic E-state index is 10.3. The molecule has 0 aromatic heterocycles. The minimum atomic E-state index is -1.08. The molecule has 1 nitrogen and oxygen atoms in total. The third-order valence-electron chi connectivity index (χ3n) is 2.39. The molecule has 0 aliphatic heterocycles. The lowest BCUT2D eigenvalue weighted by atomic mass is 9.96. The van der Waals surface area contributed by atoms with Gasteiger partial charge in [0.25, 0.3) is 0 Å². The number of unbranched alkanes of at least 4 members (excludes halogenated alkanes) is 2. The average Bonchev–Trinajstić information content (AvgIpc) is 2.25. The van der Waals surface area contributed by atoms with Crippen molar-refractivity contribution in [3.05, 3.63) is 34.3 Å². The fourth-order valence-corrected chi connectivity index (χ4v) is 2.09. The lowest BCUT2D eigenvalue weighted by Gasteiger charge is -2.18. The monoisotopic (exact) mass is 280 g/mol. The van der Waals surface area contributed by atoms with Gasteiger partial charge in [0.1, 0.15) is 5.60 Å². The molecular weight excluding hydrogens is 264 g/mol. The number of hydrogen-bond acceptors (Lipinski definition) is 1. The van der Waals surface area contributed by atoms with Gasteiger partial charge in [-0.1, -0.05) is 59.3 Å². The van der Waals surface area contributed by atoms with E-state index in [0.29, 0.717) is 0 Å². The highest BCUT2D eigenvalue weighted by atomic mass is 79.9. The van der Waals surface area contributed by atoms with Gasteiger partial charge in [-0.3, -0.25) is 0 Å². The highest BCUT2D eigenvalue weighted by Crippen LogP contribution is 2.27. The van der Waals surface area contributed by atoms with E-state index >= 15 is 0 Å². The maximum Gasteiger partial charge on any atom is 0.149 e. The molecule has 1 atom stereocenters. The summed E-state index contributed by atoms with van der Waals surface area (Å²) < 4.78 is 0.893. The molecule has 0 aliphatic carbocycles. The van der Waals surface area contributed by atoms with Crippen LogP contribution in [-0.2, 0) is 5.60 Å². The minimum Gasteiger partial charge on any atom is -0.374 e. The Hall–Kier alpha value is -0.780. The Labute approximate surface area is 106 Å².